The van der Waals surface area contributed by atoms with E-state index >= 15 is 0 Å². The second-order valence-electron chi connectivity index (χ2n) is 3.42. The summed E-state index contributed by atoms with van der Waals surface area (Å²) in [6.45, 7) is 0.556. The van der Waals surface area contributed by atoms with E-state index in [-0.39, 0.29) is 6.42 Å². The van der Waals surface area contributed by atoms with Gasteiger partial charge in [-0.2, -0.15) is 15.0 Å². The monoisotopic (exact) mass is 217 g/mol. The Bertz CT molecular complexity index is 479. The molecule has 5 heteroatoms. The minimum atomic E-state index is -0.897. The number of nitrogens with zero attached hydrogens (tertiary/aromatic N) is 3. The zero-order chi connectivity index (χ0) is 11.4. The predicted octanol–water partition coefficient (Wildman–Crippen LogP) is 0.954. The molecular weight excluding hydrogens is 206 g/mol. The minimum absolute atomic E-state index is 0.0885. The number of carboxylic acids is 1. The molecule has 1 N–H and O–H groups in total. The standard InChI is InChI=1S/C11H11N3O2/c15-11(16)6-10-7-12-14(13-10)8-9-4-2-1-3-5-9/h1-5,7H,6,8H2,(H,15,16). The smallest absolute Gasteiger partial charge is 0.309 e. The van der Waals surface area contributed by atoms with Crippen molar-refractivity contribution in [2.75, 3.05) is 0 Å². The summed E-state index contributed by atoms with van der Waals surface area (Å²) in [6, 6.07) is 9.77. The van der Waals surface area contributed by atoms with E-state index in [0.717, 1.165) is 5.56 Å². The Labute approximate surface area is 92.3 Å². The summed E-state index contributed by atoms with van der Waals surface area (Å²) in [5.41, 5.74) is 1.56. The summed E-state index contributed by atoms with van der Waals surface area (Å²) in [4.78, 5) is 12.0. The number of hydrogen-bond acceptors (Lipinski definition) is 3. The Kier molecular flexibility index (Phi) is 2.95. The Morgan fingerprint density at radius 1 is 1.31 bits per heavy atom. The first-order chi connectivity index (χ1) is 7.74. The van der Waals surface area contributed by atoms with Crippen molar-refractivity contribution in [2.24, 2.45) is 0 Å². The highest BCUT2D eigenvalue weighted by Gasteiger charge is 2.05. The third kappa shape index (κ3) is 2.66. The first-order valence-electron chi connectivity index (χ1n) is 4.89. The van der Waals surface area contributed by atoms with E-state index in [2.05, 4.69) is 10.2 Å². The summed E-state index contributed by atoms with van der Waals surface area (Å²) in [7, 11) is 0. The van der Waals surface area contributed by atoms with Crippen molar-refractivity contribution in [1.82, 2.24) is 15.0 Å². The van der Waals surface area contributed by atoms with Crippen LogP contribution in [-0.2, 0) is 17.8 Å². The summed E-state index contributed by atoms with van der Waals surface area (Å²) in [5, 5.41) is 16.7. The first-order valence-corrected chi connectivity index (χ1v) is 4.89. The molecule has 0 saturated heterocycles. The van der Waals surface area contributed by atoms with Crippen LogP contribution in [-0.4, -0.2) is 26.1 Å². The maximum absolute atomic E-state index is 10.5. The Balaban J connectivity index is 2.06. The van der Waals surface area contributed by atoms with Gasteiger partial charge in [-0.1, -0.05) is 30.3 Å². The average molecular weight is 217 g/mol. The molecule has 2 aromatic rings. The van der Waals surface area contributed by atoms with Crippen LogP contribution in [0.5, 0.6) is 0 Å². The fraction of sp³-hybridized carbons (Fsp3) is 0.182. The highest BCUT2D eigenvalue weighted by atomic mass is 16.4. The predicted molar refractivity (Wildman–Crippen MR) is 56.9 cm³/mol. The quantitative estimate of drug-likeness (QED) is 0.828. The summed E-state index contributed by atoms with van der Waals surface area (Å²) in [5.74, 6) is -0.897. The molecule has 2 rings (SSSR count). The Morgan fingerprint density at radius 2 is 2.06 bits per heavy atom. The van der Waals surface area contributed by atoms with Crippen LogP contribution in [0.2, 0.25) is 0 Å². The molecule has 82 valence electrons. The maximum Gasteiger partial charge on any atom is 0.309 e. The third-order valence-corrected chi connectivity index (χ3v) is 2.08. The van der Waals surface area contributed by atoms with E-state index < -0.39 is 5.97 Å². The molecule has 0 atom stereocenters. The number of aliphatic carboxylic acids is 1. The summed E-state index contributed by atoms with van der Waals surface area (Å²) < 4.78 is 0. The normalized spacial score (nSPS) is 10.2. The zero-order valence-electron chi connectivity index (χ0n) is 8.58. The van der Waals surface area contributed by atoms with Gasteiger partial charge in [0.15, 0.2) is 0 Å². The van der Waals surface area contributed by atoms with Crippen LogP contribution in [0.1, 0.15) is 11.3 Å². The fourth-order valence-electron chi connectivity index (χ4n) is 1.39. The molecular formula is C11H11N3O2. The van der Waals surface area contributed by atoms with Gasteiger partial charge in [0.25, 0.3) is 0 Å². The van der Waals surface area contributed by atoms with Crippen LogP contribution in [0.25, 0.3) is 0 Å². The number of carboxylic acid groups (broad SMARTS) is 1. The minimum Gasteiger partial charge on any atom is -0.481 e. The van der Waals surface area contributed by atoms with E-state index in [9.17, 15) is 4.79 Å². The molecule has 0 bridgehead atoms. The summed E-state index contributed by atoms with van der Waals surface area (Å²) >= 11 is 0. The molecule has 0 amide bonds. The molecule has 0 aliphatic heterocycles. The van der Waals surface area contributed by atoms with Crippen LogP contribution >= 0.6 is 0 Å². The van der Waals surface area contributed by atoms with E-state index in [1.165, 1.54) is 11.0 Å². The van der Waals surface area contributed by atoms with Crippen molar-refractivity contribution < 1.29 is 9.90 Å². The molecule has 1 heterocycles. The molecule has 0 fully saturated rings. The lowest BCUT2D eigenvalue weighted by atomic mass is 10.2. The van der Waals surface area contributed by atoms with Crippen LogP contribution in [0.3, 0.4) is 0 Å². The molecule has 0 spiro atoms. The van der Waals surface area contributed by atoms with Crippen molar-refractivity contribution >= 4 is 5.97 Å². The van der Waals surface area contributed by atoms with Gasteiger partial charge < -0.3 is 5.11 Å². The van der Waals surface area contributed by atoms with E-state index in [1.54, 1.807) is 0 Å². The molecule has 0 aliphatic rings. The third-order valence-electron chi connectivity index (χ3n) is 2.08. The van der Waals surface area contributed by atoms with Crippen molar-refractivity contribution in [2.45, 2.75) is 13.0 Å². The molecule has 0 radical (unpaired) electrons. The lowest BCUT2D eigenvalue weighted by molar-refractivity contribution is -0.136. The molecule has 0 saturated carbocycles. The molecule has 0 unspecified atom stereocenters. The topological polar surface area (TPSA) is 68.0 Å². The van der Waals surface area contributed by atoms with Gasteiger partial charge in [-0.25, -0.2) is 0 Å². The number of carbonyl (C=O) groups is 1. The molecule has 5 nitrogen and oxygen atoms in total. The molecule has 16 heavy (non-hydrogen) atoms. The number of rotatable bonds is 4. The van der Waals surface area contributed by atoms with Gasteiger partial charge in [0, 0.05) is 0 Å². The highest BCUT2D eigenvalue weighted by Crippen LogP contribution is 2.01. The van der Waals surface area contributed by atoms with Gasteiger partial charge in [0.1, 0.15) is 0 Å². The van der Waals surface area contributed by atoms with Gasteiger partial charge in [-0.15, -0.1) is 0 Å². The van der Waals surface area contributed by atoms with Crippen molar-refractivity contribution in [1.29, 1.82) is 0 Å². The van der Waals surface area contributed by atoms with Crippen molar-refractivity contribution in [3.8, 4) is 0 Å². The largest absolute Gasteiger partial charge is 0.481 e. The maximum atomic E-state index is 10.5. The molecule has 1 aromatic carbocycles. The number of hydrogen-bond donors (Lipinski definition) is 1. The van der Waals surface area contributed by atoms with Gasteiger partial charge in [0.05, 0.1) is 24.9 Å². The molecule has 1 aromatic heterocycles. The Hall–Kier alpha value is -2.17. The second-order valence-corrected chi connectivity index (χ2v) is 3.42. The van der Waals surface area contributed by atoms with Gasteiger partial charge in [0.2, 0.25) is 0 Å². The first kappa shape index (κ1) is 10.4. The number of benzene rings is 1. The van der Waals surface area contributed by atoms with E-state index in [4.69, 9.17) is 5.11 Å². The number of aromatic nitrogens is 3. The summed E-state index contributed by atoms with van der Waals surface area (Å²) in [6.07, 6.45) is 1.39. The van der Waals surface area contributed by atoms with Gasteiger partial charge in [-0.3, -0.25) is 4.79 Å². The van der Waals surface area contributed by atoms with Gasteiger partial charge in [-0.05, 0) is 5.56 Å². The van der Waals surface area contributed by atoms with Gasteiger partial charge >= 0.3 is 5.97 Å². The SMILES string of the molecule is O=C(O)Cc1cnn(Cc2ccccc2)n1. The lowest BCUT2D eigenvalue weighted by Crippen LogP contribution is -2.05. The van der Waals surface area contributed by atoms with Crippen molar-refractivity contribution in [3.05, 3.63) is 47.8 Å². The fourth-order valence-corrected chi connectivity index (χ4v) is 1.39. The van der Waals surface area contributed by atoms with E-state index in [1.807, 2.05) is 30.3 Å². The van der Waals surface area contributed by atoms with E-state index in [0.29, 0.717) is 12.2 Å². The van der Waals surface area contributed by atoms with Crippen molar-refractivity contribution in [3.63, 3.8) is 0 Å². The molecule has 0 aliphatic carbocycles. The highest BCUT2D eigenvalue weighted by molar-refractivity contribution is 5.69. The average Bonchev–Trinajstić information content (AvgIpc) is 2.66. The van der Waals surface area contributed by atoms with Crippen LogP contribution in [0.4, 0.5) is 0 Å². The van der Waals surface area contributed by atoms with Crippen LogP contribution < -0.4 is 0 Å². The zero-order valence-corrected chi connectivity index (χ0v) is 8.58. The van der Waals surface area contributed by atoms with Crippen LogP contribution in [0.15, 0.2) is 36.5 Å². The Morgan fingerprint density at radius 3 is 2.75 bits per heavy atom. The second kappa shape index (κ2) is 4.57. The lowest BCUT2D eigenvalue weighted by Gasteiger charge is -1.98. The van der Waals surface area contributed by atoms with Crippen LogP contribution in [0, 0.1) is 0 Å².